The Hall–Kier alpha value is -2.56. The molecule has 2 aliphatic rings. The number of hydrogen-bond donors (Lipinski definition) is 1. The van der Waals surface area contributed by atoms with E-state index in [4.69, 9.17) is 32.9 Å². The minimum atomic E-state index is -0.523. The molecule has 7 nitrogen and oxygen atoms in total. The van der Waals surface area contributed by atoms with Crippen molar-refractivity contribution in [1.29, 1.82) is 5.26 Å². The molecule has 1 aliphatic heterocycles. The lowest BCUT2D eigenvalue weighted by atomic mass is 9.74. The van der Waals surface area contributed by atoms with Crippen molar-refractivity contribution < 1.29 is 9.53 Å². The quantitative estimate of drug-likeness (QED) is 0.515. The molecule has 2 fully saturated rings. The third kappa shape index (κ3) is 5.34. The van der Waals surface area contributed by atoms with Crippen LogP contribution < -0.4 is 10.2 Å². The van der Waals surface area contributed by atoms with E-state index < -0.39 is 5.60 Å². The first-order chi connectivity index (χ1) is 16.5. The maximum atomic E-state index is 12.4. The first-order valence-corrected chi connectivity index (χ1v) is 12.8. The number of aromatic nitrogens is 2. The molecular weight excluding hydrogens is 485 g/mol. The van der Waals surface area contributed by atoms with Gasteiger partial charge < -0.3 is 15.0 Å². The third-order valence-electron chi connectivity index (χ3n) is 7.02. The number of aryl methyl sites for hydroxylation is 1. The molecule has 1 aromatic heterocycles. The van der Waals surface area contributed by atoms with E-state index >= 15 is 0 Å². The average molecular weight is 516 g/mol. The molecule has 1 aliphatic carbocycles. The number of nitriles is 1. The van der Waals surface area contributed by atoms with Crippen LogP contribution in [0.3, 0.4) is 0 Å². The van der Waals surface area contributed by atoms with Gasteiger partial charge in [0.15, 0.2) is 11.5 Å². The molecule has 186 valence electrons. The molecule has 4 rings (SSSR count). The average Bonchev–Trinajstić information content (AvgIpc) is 3.16. The van der Waals surface area contributed by atoms with Crippen LogP contribution in [0.1, 0.15) is 64.3 Å². The second-order valence-corrected chi connectivity index (χ2v) is 11.3. The van der Waals surface area contributed by atoms with Crippen molar-refractivity contribution in [2.24, 2.45) is 5.41 Å². The summed E-state index contributed by atoms with van der Waals surface area (Å²) in [6, 6.07) is 7.66. The van der Waals surface area contributed by atoms with Crippen molar-refractivity contribution >= 4 is 35.1 Å². The van der Waals surface area contributed by atoms with Gasteiger partial charge in [0, 0.05) is 24.7 Å². The predicted molar refractivity (Wildman–Crippen MR) is 138 cm³/mol. The molecule has 1 unspecified atom stereocenters. The summed E-state index contributed by atoms with van der Waals surface area (Å²) in [5.41, 5.74) is 1.69. The fraction of sp³-hybridized carbons (Fsp3) is 0.538. The standard InChI is InChI=1S/C26H31Cl2N5O2/c1-16-22(17-7-5-8-18(27)21(17)28)31-19(15-29)23(30-16)33-13-11-26(12-14-33)10-6-9-20(26)32-24(34)35-25(2,3)4/h5,7-8,20H,6,9-14H2,1-4H3,(H,32,34). The molecule has 35 heavy (non-hydrogen) atoms. The summed E-state index contributed by atoms with van der Waals surface area (Å²) in [7, 11) is 0. The van der Waals surface area contributed by atoms with Crippen molar-refractivity contribution in [2.75, 3.05) is 18.0 Å². The van der Waals surface area contributed by atoms with Crippen LogP contribution >= 0.6 is 23.2 Å². The number of piperidine rings is 1. The zero-order chi connectivity index (χ0) is 25.4. The molecule has 2 heterocycles. The molecule has 1 N–H and O–H groups in total. The van der Waals surface area contributed by atoms with E-state index in [1.54, 1.807) is 12.1 Å². The smallest absolute Gasteiger partial charge is 0.407 e. The van der Waals surface area contributed by atoms with Gasteiger partial charge in [-0.05, 0) is 64.9 Å². The summed E-state index contributed by atoms with van der Waals surface area (Å²) < 4.78 is 5.50. The minimum absolute atomic E-state index is 0.0386. The summed E-state index contributed by atoms with van der Waals surface area (Å²) >= 11 is 12.6. The van der Waals surface area contributed by atoms with E-state index in [1.165, 1.54) is 0 Å². The van der Waals surface area contributed by atoms with Crippen molar-refractivity contribution in [3.8, 4) is 17.3 Å². The summed E-state index contributed by atoms with van der Waals surface area (Å²) in [4.78, 5) is 24.0. The molecule has 1 saturated heterocycles. The number of anilines is 1. The Morgan fingerprint density at radius 3 is 2.60 bits per heavy atom. The Balaban J connectivity index is 1.52. The van der Waals surface area contributed by atoms with Crippen molar-refractivity contribution in [3.63, 3.8) is 0 Å². The van der Waals surface area contributed by atoms with Crippen LogP contribution in [0, 0.1) is 23.7 Å². The van der Waals surface area contributed by atoms with Crippen LogP contribution in [0.4, 0.5) is 10.6 Å². The van der Waals surface area contributed by atoms with E-state index in [-0.39, 0.29) is 23.2 Å². The summed E-state index contributed by atoms with van der Waals surface area (Å²) in [5.74, 6) is 0.594. The number of hydrogen-bond acceptors (Lipinski definition) is 6. The van der Waals surface area contributed by atoms with E-state index in [1.807, 2.05) is 33.8 Å². The van der Waals surface area contributed by atoms with Gasteiger partial charge in [-0.15, -0.1) is 0 Å². The lowest BCUT2D eigenvalue weighted by Gasteiger charge is -2.43. The number of rotatable bonds is 3. The highest BCUT2D eigenvalue weighted by atomic mass is 35.5. The van der Waals surface area contributed by atoms with E-state index in [0.717, 1.165) is 45.2 Å². The Labute approximate surface area is 216 Å². The number of benzene rings is 1. The molecular formula is C26H31Cl2N5O2. The Bertz CT molecular complexity index is 1160. The normalized spacial score (nSPS) is 19.5. The summed E-state index contributed by atoms with van der Waals surface area (Å²) in [6.45, 7) is 8.97. The van der Waals surface area contributed by atoms with Crippen LogP contribution in [0.2, 0.25) is 10.0 Å². The Morgan fingerprint density at radius 1 is 1.23 bits per heavy atom. The van der Waals surface area contributed by atoms with E-state index in [9.17, 15) is 10.1 Å². The first kappa shape index (κ1) is 25.5. The lowest BCUT2D eigenvalue weighted by Crippen LogP contribution is -2.51. The first-order valence-electron chi connectivity index (χ1n) is 12.0. The maximum absolute atomic E-state index is 12.4. The molecule has 1 saturated carbocycles. The van der Waals surface area contributed by atoms with Gasteiger partial charge >= 0.3 is 6.09 Å². The zero-order valence-electron chi connectivity index (χ0n) is 20.6. The van der Waals surface area contributed by atoms with Gasteiger partial charge in [0.2, 0.25) is 0 Å². The number of amides is 1. The molecule has 1 spiro atoms. The van der Waals surface area contributed by atoms with Gasteiger partial charge in [-0.25, -0.2) is 14.8 Å². The Kier molecular flexibility index (Phi) is 7.17. The van der Waals surface area contributed by atoms with Crippen molar-refractivity contribution in [3.05, 3.63) is 39.6 Å². The van der Waals surface area contributed by atoms with Gasteiger partial charge in [-0.1, -0.05) is 41.8 Å². The molecule has 9 heteroatoms. The molecule has 0 bridgehead atoms. The van der Waals surface area contributed by atoms with Crippen LogP contribution in [0.5, 0.6) is 0 Å². The SMILES string of the molecule is Cc1nc(N2CCC3(CCCC3NC(=O)OC(C)(C)C)CC2)c(C#N)nc1-c1cccc(Cl)c1Cl. The Morgan fingerprint density at radius 2 is 1.94 bits per heavy atom. The van der Waals surface area contributed by atoms with Crippen molar-refractivity contribution in [1.82, 2.24) is 15.3 Å². The van der Waals surface area contributed by atoms with Crippen LogP contribution in [0.25, 0.3) is 11.3 Å². The number of ether oxygens (including phenoxy) is 1. The lowest BCUT2D eigenvalue weighted by molar-refractivity contribution is 0.0442. The number of alkyl carbamates (subject to hydrolysis) is 1. The number of nitrogens with one attached hydrogen (secondary N) is 1. The molecule has 2 aromatic rings. The van der Waals surface area contributed by atoms with E-state index in [0.29, 0.717) is 32.8 Å². The van der Waals surface area contributed by atoms with Gasteiger partial charge in [0.05, 0.1) is 21.4 Å². The number of carbonyl (C=O) groups excluding carboxylic acids is 1. The molecule has 1 aromatic carbocycles. The van der Waals surface area contributed by atoms with Gasteiger partial charge in [-0.2, -0.15) is 5.26 Å². The number of halogens is 2. The second kappa shape index (κ2) is 9.83. The van der Waals surface area contributed by atoms with Gasteiger partial charge in [0.25, 0.3) is 0 Å². The van der Waals surface area contributed by atoms with Gasteiger partial charge in [-0.3, -0.25) is 0 Å². The zero-order valence-corrected chi connectivity index (χ0v) is 22.1. The predicted octanol–water partition coefficient (Wildman–Crippen LogP) is 6.29. The fourth-order valence-corrected chi connectivity index (χ4v) is 5.71. The van der Waals surface area contributed by atoms with E-state index in [2.05, 4.69) is 21.3 Å². The highest BCUT2D eigenvalue weighted by Gasteiger charge is 2.46. The molecule has 0 radical (unpaired) electrons. The molecule has 1 amide bonds. The van der Waals surface area contributed by atoms with Crippen LogP contribution in [-0.2, 0) is 4.74 Å². The highest BCUT2D eigenvalue weighted by Crippen LogP contribution is 2.47. The summed E-state index contributed by atoms with van der Waals surface area (Å²) in [5, 5.41) is 13.8. The number of carbonyl (C=O) groups is 1. The third-order valence-corrected chi connectivity index (χ3v) is 7.84. The monoisotopic (exact) mass is 515 g/mol. The number of nitrogens with zero attached hydrogens (tertiary/aromatic N) is 4. The highest BCUT2D eigenvalue weighted by molar-refractivity contribution is 6.43. The second-order valence-electron chi connectivity index (χ2n) is 10.5. The minimum Gasteiger partial charge on any atom is -0.444 e. The molecule has 1 atom stereocenters. The summed E-state index contributed by atoms with van der Waals surface area (Å²) in [6.07, 6.45) is 4.56. The van der Waals surface area contributed by atoms with Crippen LogP contribution in [-0.4, -0.2) is 40.8 Å². The largest absolute Gasteiger partial charge is 0.444 e. The topological polar surface area (TPSA) is 91.1 Å². The maximum Gasteiger partial charge on any atom is 0.407 e. The van der Waals surface area contributed by atoms with Crippen molar-refractivity contribution in [2.45, 2.75) is 71.4 Å². The van der Waals surface area contributed by atoms with Crippen LogP contribution in [0.15, 0.2) is 18.2 Å². The van der Waals surface area contributed by atoms with Gasteiger partial charge in [0.1, 0.15) is 11.7 Å². The fourth-order valence-electron chi connectivity index (χ4n) is 5.32.